The maximum absolute atomic E-state index is 12.7. The molecule has 0 aliphatic heterocycles. The minimum absolute atomic E-state index is 0.0906. The minimum Gasteiger partial charge on any atom is -0.494 e. The number of halogens is 1. The summed E-state index contributed by atoms with van der Waals surface area (Å²) in [6, 6.07) is 32.5. The van der Waals surface area contributed by atoms with Gasteiger partial charge in [0.05, 0.1) is 18.6 Å². The van der Waals surface area contributed by atoms with Crippen molar-refractivity contribution in [3.05, 3.63) is 119 Å². The van der Waals surface area contributed by atoms with Crippen molar-refractivity contribution >= 4 is 35.5 Å². The molecule has 5 aromatic rings. The number of nitrogens with one attached hydrogen (secondary N) is 1. The lowest BCUT2D eigenvalue weighted by Gasteiger charge is -2.11. The summed E-state index contributed by atoms with van der Waals surface area (Å²) in [4.78, 5) is 12.7. The number of thioether (sulfide) groups is 1. The average molecular weight is 598 g/mol. The molecule has 0 bridgehead atoms. The third kappa shape index (κ3) is 7.78. The number of carbonyl (C=O) groups is 1. The van der Waals surface area contributed by atoms with Crippen molar-refractivity contribution in [2.75, 3.05) is 12.4 Å². The number of benzene rings is 4. The van der Waals surface area contributed by atoms with Crippen LogP contribution in [-0.4, -0.2) is 39.2 Å². The van der Waals surface area contributed by atoms with Crippen LogP contribution < -0.4 is 14.9 Å². The first-order chi connectivity index (χ1) is 20.6. The molecule has 212 valence electrons. The van der Waals surface area contributed by atoms with Crippen LogP contribution in [0.4, 0.5) is 0 Å². The highest BCUT2D eigenvalue weighted by Gasteiger charge is 2.17. The van der Waals surface area contributed by atoms with Crippen molar-refractivity contribution < 1.29 is 14.3 Å². The molecular weight excluding hydrogens is 570 g/mol. The highest BCUT2D eigenvalue weighted by Crippen LogP contribution is 2.29. The second-order valence-electron chi connectivity index (χ2n) is 9.00. The molecule has 1 heterocycles. The molecule has 42 heavy (non-hydrogen) atoms. The van der Waals surface area contributed by atoms with Crippen LogP contribution in [0.2, 0.25) is 5.02 Å². The van der Waals surface area contributed by atoms with Crippen molar-refractivity contribution in [3.63, 3.8) is 0 Å². The van der Waals surface area contributed by atoms with Crippen molar-refractivity contribution in [1.29, 1.82) is 0 Å². The first kappa shape index (κ1) is 28.9. The maximum atomic E-state index is 12.7. The Bertz CT molecular complexity index is 1640. The molecule has 10 heteroatoms. The number of rotatable bonds is 12. The zero-order valence-electron chi connectivity index (χ0n) is 22.8. The SMILES string of the molecule is CCOc1ccc(-n2c(SCC(=O)N/N=C/c3cccc(OCc4ccccc4)c3)nnc2-c2ccc(Cl)cc2)cc1. The standard InChI is InChI=1S/C32H28ClN5O3S/c1-2-40-28-17-15-27(16-18-28)38-31(25-11-13-26(33)14-12-25)36-37-32(38)42-22-30(39)35-34-20-24-9-6-10-29(19-24)41-21-23-7-4-3-5-8-23/h3-20H,2,21-22H2,1H3,(H,35,39)/b34-20+. The summed E-state index contributed by atoms with van der Waals surface area (Å²) in [5.74, 6) is 1.93. The van der Waals surface area contributed by atoms with Gasteiger partial charge in [0.25, 0.3) is 5.91 Å². The van der Waals surface area contributed by atoms with Gasteiger partial charge in [-0.15, -0.1) is 10.2 Å². The Balaban J connectivity index is 1.23. The number of hydrazone groups is 1. The van der Waals surface area contributed by atoms with E-state index in [0.29, 0.717) is 29.2 Å². The molecule has 0 saturated carbocycles. The lowest BCUT2D eigenvalue weighted by molar-refractivity contribution is -0.118. The molecule has 0 aliphatic rings. The molecule has 0 saturated heterocycles. The van der Waals surface area contributed by atoms with Gasteiger partial charge in [-0.3, -0.25) is 9.36 Å². The van der Waals surface area contributed by atoms with Gasteiger partial charge in [0, 0.05) is 16.3 Å². The summed E-state index contributed by atoms with van der Waals surface area (Å²) in [6.45, 7) is 2.99. The van der Waals surface area contributed by atoms with Crippen molar-refractivity contribution in [2.24, 2.45) is 5.10 Å². The second-order valence-corrected chi connectivity index (χ2v) is 10.4. The van der Waals surface area contributed by atoms with Crippen LogP contribution in [0.25, 0.3) is 17.1 Å². The average Bonchev–Trinajstić information content (AvgIpc) is 3.44. The normalized spacial score (nSPS) is 11.0. The Labute approximate surface area is 253 Å². The topological polar surface area (TPSA) is 90.6 Å². The third-order valence-electron chi connectivity index (χ3n) is 5.98. The fraction of sp³-hybridized carbons (Fsp3) is 0.125. The number of hydrogen-bond donors (Lipinski definition) is 1. The summed E-state index contributed by atoms with van der Waals surface area (Å²) in [5.41, 5.74) is 6.15. The second kappa shape index (κ2) is 14.3. The molecule has 4 aromatic carbocycles. The lowest BCUT2D eigenvalue weighted by Crippen LogP contribution is -2.20. The van der Waals surface area contributed by atoms with Gasteiger partial charge < -0.3 is 9.47 Å². The Morgan fingerprint density at radius 1 is 0.929 bits per heavy atom. The number of amides is 1. The first-order valence-electron chi connectivity index (χ1n) is 13.2. The molecule has 0 aliphatic carbocycles. The van der Waals surface area contributed by atoms with Crippen molar-refractivity contribution in [2.45, 2.75) is 18.7 Å². The monoisotopic (exact) mass is 597 g/mol. The molecule has 0 fully saturated rings. The van der Waals surface area contributed by atoms with Crippen LogP contribution in [0.5, 0.6) is 11.5 Å². The van der Waals surface area contributed by atoms with E-state index in [1.54, 1.807) is 18.3 Å². The van der Waals surface area contributed by atoms with E-state index in [9.17, 15) is 4.79 Å². The van der Waals surface area contributed by atoms with E-state index in [2.05, 4.69) is 20.7 Å². The Kier molecular flexibility index (Phi) is 9.87. The van der Waals surface area contributed by atoms with Gasteiger partial charge in [0.1, 0.15) is 18.1 Å². The van der Waals surface area contributed by atoms with E-state index in [1.165, 1.54) is 11.8 Å². The fourth-order valence-electron chi connectivity index (χ4n) is 4.01. The van der Waals surface area contributed by atoms with Gasteiger partial charge in [-0.2, -0.15) is 5.10 Å². The van der Waals surface area contributed by atoms with Gasteiger partial charge in [-0.25, -0.2) is 5.43 Å². The van der Waals surface area contributed by atoms with Crippen LogP contribution in [0.15, 0.2) is 113 Å². The van der Waals surface area contributed by atoms with E-state index in [4.69, 9.17) is 21.1 Å². The van der Waals surface area contributed by atoms with Gasteiger partial charge in [0.15, 0.2) is 11.0 Å². The molecule has 0 spiro atoms. The molecule has 0 atom stereocenters. The summed E-state index contributed by atoms with van der Waals surface area (Å²) < 4.78 is 13.4. The molecule has 1 N–H and O–H groups in total. The molecule has 5 rings (SSSR count). The summed E-state index contributed by atoms with van der Waals surface area (Å²) in [5, 5.41) is 14.1. The Morgan fingerprint density at radius 2 is 1.71 bits per heavy atom. The first-order valence-corrected chi connectivity index (χ1v) is 14.6. The summed E-state index contributed by atoms with van der Waals surface area (Å²) in [6.07, 6.45) is 1.58. The number of ether oxygens (including phenoxy) is 2. The van der Waals surface area contributed by atoms with Crippen LogP contribution in [0.1, 0.15) is 18.1 Å². The van der Waals surface area contributed by atoms with Crippen LogP contribution in [0, 0.1) is 0 Å². The van der Waals surface area contributed by atoms with Crippen LogP contribution >= 0.6 is 23.4 Å². The van der Waals surface area contributed by atoms with Gasteiger partial charge in [0.2, 0.25) is 0 Å². The molecule has 8 nitrogen and oxygen atoms in total. The van der Waals surface area contributed by atoms with Gasteiger partial charge in [-0.1, -0.05) is 65.8 Å². The minimum atomic E-state index is -0.276. The fourth-order valence-corrected chi connectivity index (χ4v) is 4.88. The molecule has 1 aromatic heterocycles. The number of hydrogen-bond acceptors (Lipinski definition) is 7. The van der Waals surface area contributed by atoms with Crippen molar-refractivity contribution in [3.8, 4) is 28.6 Å². The Morgan fingerprint density at radius 3 is 2.48 bits per heavy atom. The van der Waals surface area contributed by atoms with Crippen LogP contribution in [-0.2, 0) is 11.4 Å². The van der Waals surface area contributed by atoms with E-state index >= 15 is 0 Å². The molecule has 0 unspecified atom stereocenters. The van der Waals surface area contributed by atoms with E-state index in [1.807, 2.05) is 102 Å². The largest absolute Gasteiger partial charge is 0.494 e. The maximum Gasteiger partial charge on any atom is 0.250 e. The number of aromatic nitrogens is 3. The van der Waals surface area contributed by atoms with Gasteiger partial charge in [-0.05, 0) is 78.7 Å². The highest BCUT2D eigenvalue weighted by molar-refractivity contribution is 7.99. The van der Waals surface area contributed by atoms with E-state index < -0.39 is 0 Å². The van der Waals surface area contributed by atoms with Crippen LogP contribution in [0.3, 0.4) is 0 Å². The van der Waals surface area contributed by atoms with Crippen molar-refractivity contribution in [1.82, 2.24) is 20.2 Å². The predicted molar refractivity (Wildman–Crippen MR) is 167 cm³/mol. The number of carbonyl (C=O) groups excluding carboxylic acids is 1. The molecule has 0 radical (unpaired) electrons. The van der Waals surface area contributed by atoms with Gasteiger partial charge >= 0.3 is 0 Å². The third-order valence-corrected chi connectivity index (χ3v) is 7.16. The molecular formula is C32H28ClN5O3S. The number of nitrogens with zero attached hydrogens (tertiary/aromatic N) is 4. The smallest absolute Gasteiger partial charge is 0.250 e. The molecule has 1 amide bonds. The summed E-state index contributed by atoms with van der Waals surface area (Å²) in [7, 11) is 0. The zero-order valence-corrected chi connectivity index (χ0v) is 24.4. The predicted octanol–water partition coefficient (Wildman–Crippen LogP) is 6.81. The zero-order chi connectivity index (χ0) is 29.1. The van der Waals surface area contributed by atoms with E-state index in [0.717, 1.165) is 33.9 Å². The highest BCUT2D eigenvalue weighted by atomic mass is 35.5. The lowest BCUT2D eigenvalue weighted by atomic mass is 10.2. The van der Waals surface area contributed by atoms with E-state index in [-0.39, 0.29) is 11.7 Å². The summed E-state index contributed by atoms with van der Waals surface area (Å²) >= 11 is 7.36. The quantitative estimate of drug-likeness (QED) is 0.0965. The Hall–Kier alpha value is -4.60.